The molecule has 6 nitrogen and oxygen atoms in total. The average molecular weight is 1080 g/mol. The predicted octanol–water partition coefficient (Wildman–Crippen LogP) is 23.1. The van der Waals surface area contributed by atoms with E-state index < -0.39 is 6.10 Å². The molecule has 0 saturated carbocycles. The van der Waals surface area contributed by atoms with Crippen LogP contribution in [0.2, 0.25) is 0 Å². The van der Waals surface area contributed by atoms with Gasteiger partial charge in [0.2, 0.25) is 0 Å². The van der Waals surface area contributed by atoms with Crippen LogP contribution < -0.4 is 0 Å². The van der Waals surface area contributed by atoms with Crippen LogP contribution in [-0.2, 0) is 28.6 Å². The lowest BCUT2D eigenvalue weighted by atomic mass is 10.0. The summed E-state index contributed by atoms with van der Waals surface area (Å²) in [6.07, 6.45) is 84.0. The van der Waals surface area contributed by atoms with Gasteiger partial charge in [0.15, 0.2) is 6.10 Å². The van der Waals surface area contributed by atoms with E-state index in [9.17, 15) is 14.4 Å². The van der Waals surface area contributed by atoms with Crippen molar-refractivity contribution in [3.05, 3.63) is 60.8 Å². The Bertz CT molecular complexity index is 1380. The summed E-state index contributed by atoms with van der Waals surface area (Å²) in [5.41, 5.74) is 0. The fourth-order valence-corrected chi connectivity index (χ4v) is 9.97. The number of hydrogen-bond acceptors (Lipinski definition) is 6. The van der Waals surface area contributed by atoms with Crippen LogP contribution >= 0.6 is 0 Å². The molecule has 77 heavy (non-hydrogen) atoms. The highest BCUT2D eigenvalue weighted by Crippen LogP contribution is 2.18. The maximum atomic E-state index is 12.9. The number of allylic oxidation sites excluding steroid dienone is 10. The van der Waals surface area contributed by atoms with Crippen LogP contribution in [0.15, 0.2) is 60.8 Å². The first-order valence-corrected chi connectivity index (χ1v) is 33.8. The Hall–Kier alpha value is -2.89. The molecule has 0 radical (unpaired) electrons. The first-order valence-electron chi connectivity index (χ1n) is 33.8. The molecule has 1 unspecified atom stereocenters. The third kappa shape index (κ3) is 63.8. The van der Waals surface area contributed by atoms with Gasteiger partial charge in [-0.1, -0.05) is 319 Å². The molecule has 0 aromatic carbocycles. The number of unbranched alkanes of at least 4 members (excludes halogenated alkanes) is 41. The number of carbonyl (C=O) groups excluding carboxylic acids is 3. The SMILES string of the molecule is CC/C=C\C/C=C\C/C=C\C/C=C\CCCCCCCCCCCCCCCCCCCCC(=O)OCC(COC(=O)CCCCCCC/C=C\CCC)OC(=O)CCCCCCCCCCCCCCCCCCCC. The van der Waals surface area contributed by atoms with E-state index >= 15 is 0 Å². The number of hydrogen-bond donors (Lipinski definition) is 0. The summed E-state index contributed by atoms with van der Waals surface area (Å²) in [6, 6.07) is 0. The number of rotatable bonds is 62. The Morgan fingerprint density at radius 1 is 0.273 bits per heavy atom. The zero-order valence-corrected chi connectivity index (χ0v) is 51.5. The maximum absolute atomic E-state index is 12.9. The Morgan fingerprint density at radius 3 is 0.857 bits per heavy atom. The molecule has 0 bridgehead atoms. The van der Waals surface area contributed by atoms with Crippen molar-refractivity contribution in [3.63, 3.8) is 0 Å². The minimum Gasteiger partial charge on any atom is -0.462 e. The third-order valence-electron chi connectivity index (χ3n) is 15.0. The van der Waals surface area contributed by atoms with Crippen molar-refractivity contribution in [2.45, 2.75) is 361 Å². The lowest BCUT2D eigenvalue weighted by Gasteiger charge is -2.18. The van der Waals surface area contributed by atoms with Crippen LogP contribution in [0.5, 0.6) is 0 Å². The molecule has 6 heteroatoms. The summed E-state index contributed by atoms with van der Waals surface area (Å²) in [5.74, 6) is -0.860. The highest BCUT2D eigenvalue weighted by molar-refractivity contribution is 5.71. The summed E-state index contributed by atoms with van der Waals surface area (Å²) >= 11 is 0. The van der Waals surface area contributed by atoms with Crippen LogP contribution in [0.25, 0.3) is 0 Å². The van der Waals surface area contributed by atoms with Gasteiger partial charge >= 0.3 is 17.9 Å². The van der Waals surface area contributed by atoms with Crippen molar-refractivity contribution in [1.29, 1.82) is 0 Å². The summed E-state index contributed by atoms with van der Waals surface area (Å²) in [4.78, 5) is 38.2. The van der Waals surface area contributed by atoms with Gasteiger partial charge in [-0.05, 0) is 77.0 Å². The smallest absolute Gasteiger partial charge is 0.306 e. The number of carbonyl (C=O) groups is 3. The van der Waals surface area contributed by atoms with E-state index in [1.165, 1.54) is 218 Å². The lowest BCUT2D eigenvalue weighted by Crippen LogP contribution is -2.30. The van der Waals surface area contributed by atoms with E-state index in [1.54, 1.807) is 0 Å². The monoisotopic (exact) mass is 1080 g/mol. The molecule has 0 aliphatic carbocycles. The molecule has 0 amide bonds. The van der Waals surface area contributed by atoms with Gasteiger partial charge in [-0.2, -0.15) is 0 Å². The zero-order chi connectivity index (χ0) is 55.7. The van der Waals surface area contributed by atoms with E-state index in [1.807, 2.05) is 0 Å². The molecule has 0 spiro atoms. The minimum absolute atomic E-state index is 0.0711. The summed E-state index contributed by atoms with van der Waals surface area (Å²) < 4.78 is 16.9. The van der Waals surface area contributed by atoms with E-state index in [2.05, 4.69) is 81.5 Å². The lowest BCUT2D eigenvalue weighted by molar-refractivity contribution is -0.167. The fraction of sp³-hybridized carbons (Fsp3) is 0.817. The second kappa shape index (κ2) is 65.6. The third-order valence-corrected chi connectivity index (χ3v) is 15.0. The molecule has 0 heterocycles. The molecular weight excluding hydrogens is 949 g/mol. The van der Waals surface area contributed by atoms with Crippen LogP contribution in [0.3, 0.4) is 0 Å². The van der Waals surface area contributed by atoms with Crippen molar-refractivity contribution in [1.82, 2.24) is 0 Å². The summed E-state index contributed by atoms with van der Waals surface area (Å²) in [5, 5.41) is 0. The van der Waals surface area contributed by atoms with E-state index in [0.29, 0.717) is 19.3 Å². The molecule has 0 fully saturated rings. The predicted molar refractivity (Wildman–Crippen MR) is 335 cm³/mol. The normalized spacial score (nSPS) is 12.4. The highest BCUT2D eigenvalue weighted by atomic mass is 16.6. The van der Waals surface area contributed by atoms with E-state index in [4.69, 9.17) is 14.2 Å². The standard InChI is InChI=1S/C71H128O6/c1-4-7-10-13-16-19-22-24-26-28-30-31-32-33-34-35-36-37-38-39-40-41-42-44-45-47-49-52-55-58-61-64-70(73)76-67-68(66-75-69(72)63-60-57-54-51-21-18-15-12-9-6-3)77-71(74)65-62-59-56-53-50-48-46-43-29-27-25-23-20-17-14-11-8-5-2/h7,10,12,15-16,19,24,26,30-31,68H,4-6,8-9,11,13-14,17-18,20-23,25,27-29,32-67H2,1-3H3/b10-7-,15-12-,19-16-,26-24-,31-30-. The van der Waals surface area contributed by atoms with Gasteiger partial charge in [0.1, 0.15) is 13.2 Å². The average Bonchev–Trinajstić information content (AvgIpc) is 3.43. The van der Waals surface area contributed by atoms with Crippen molar-refractivity contribution in [3.8, 4) is 0 Å². The molecular formula is C71H128O6. The molecule has 1 atom stereocenters. The van der Waals surface area contributed by atoms with Crippen LogP contribution in [-0.4, -0.2) is 37.2 Å². The topological polar surface area (TPSA) is 78.9 Å². The molecule has 0 aromatic heterocycles. The van der Waals surface area contributed by atoms with Gasteiger partial charge in [-0.25, -0.2) is 0 Å². The molecule has 0 aromatic rings. The van der Waals surface area contributed by atoms with Crippen molar-refractivity contribution in [2.24, 2.45) is 0 Å². The molecule has 0 N–H and O–H groups in total. The number of esters is 3. The van der Waals surface area contributed by atoms with Gasteiger partial charge < -0.3 is 14.2 Å². The quantitative estimate of drug-likeness (QED) is 0.0261. The second-order valence-corrected chi connectivity index (χ2v) is 22.7. The first kappa shape index (κ1) is 74.1. The molecule has 0 aliphatic rings. The summed E-state index contributed by atoms with van der Waals surface area (Å²) in [7, 11) is 0. The summed E-state index contributed by atoms with van der Waals surface area (Å²) in [6.45, 7) is 6.51. The van der Waals surface area contributed by atoms with Gasteiger partial charge in [-0.3, -0.25) is 14.4 Å². The Kier molecular flexibility index (Phi) is 63.2. The van der Waals surface area contributed by atoms with Gasteiger partial charge in [0, 0.05) is 19.3 Å². The molecule has 448 valence electrons. The van der Waals surface area contributed by atoms with Crippen LogP contribution in [0.1, 0.15) is 355 Å². The highest BCUT2D eigenvalue weighted by Gasteiger charge is 2.19. The Labute approximate surface area is 479 Å². The van der Waals surface area contributed by atoms with E-state index in [-0.39, 0.29) is 31.1 Å². The van der Waals surface area contributed by atoms with Crippen molar-refractivity contribution >= 4 is 17.9 Å². The van der Waals surface area contributed by atoms with Crippen molar-refractivity contribution in [2.75, 3.05) is 13.2 Å². The van der Waals surface area contributed by atoms with Crippen LogP contribution in [0, 0.1) is 0 Å². The molecule has 0 aliphatic heterocycles. The van der Waals surface area contributed by atoms with Crippen molar-refractivity contribution < 1.29 is 28.6 Å². The second-order valence-electron chi connectivity index (χ2n) is 22.7. The maximum Gasteiger partial charge on any atom is 0.306 e. The van der Waals surface area contributed by atoms with Crippen LogP contribution in [0.4, 0.5) is 0 Å². The largest absolute Gasteiger partial charge is 0.462 e. The minimum atomic E-state index is -0.773. The molecule has 0 saturated heterocycles. The van der Waals surface area contributed by atoms with Gasteiger partial charge in [-0.15, -0.1) is 0 Å². The first-order chi connectivity index (χ1) is 38.0. The Morgan fingerprint density at radius 2 is 0.532 bits per heavy atom. The fourth-order valence-electron chi connectivity index (χ4n) is 9.97. The van der Waals surface area contributed by atoms with Gasteiger partial charge in [0.25, 0.3) is 0 Å². The van der Waals surface area contributed by atoms with Gasteiger partial charge in [0.05, 0.1) is 0 Å². The van der Waals surface area contributed by atoms with E-state index in [0.717, 1.165) is 96.3 Å². The Balaban J connectivity index is 4.10. The molecule has 0 rings (SSSR count). The number of ether oxygens (including phenoxy) is 3. The zero-order valence-electron chi connectivity index (χ0n) is 51.5.